The maximum absolute atomic E-state index is 14.5. The molecule has 0 radical (unpaired) electrons. The summed E-state index contributed by atoms with van der Waals surface area (Å²) in [5.74, 6) is -1.11. The third kappa shape index (κ3) is 7.45. The summed E-state index contributed by atoms with van der Waals surface area (Å²) in [6.45, 7) is 9.54. The summed E-state index contributed by atoms with van der Waals surface area (Å²) in [4.78, 5) is 61.3. The highest BCUT2D eigenvalue weighted by Crippen LogP contribution is 2.54. The van der Waals surface area contributed by atoms with Crippen LogP contribution in [0.4, 0.5) is 0 Å². The number of aromatic nitrogens is 2. The van der Waals surface area contributed by atoms with Gasteiger partial charge in [0.2, 0.25) is 17.7 Å². The van der Waals surface area contributed by atoms with Gasteiger partial charge in [-0.1, -0.05) is 74.5 Å². The average Bonchev–Trinajstić information content (AvgIpc) is 3.42. The summed E-state index contributed by atoms with van der Waals surface area (Å²) in [6.07, 6.45) is 6.53. The predicted octanol–water partition coefficient (Wildman–Crippen LogP) is 3.98. The van der Waals surface area contributed by atoms with E-state index in [4.69, 9.17) is 4.74 Å². The molecule has 270 valence electrons. The molecule has 3 aliphatic heterocycles. The van der Waals surface area contributed by atoms with Crippen molar-refractivity contribution in [1.29, 1.82) is 0 Å². The Labute approximate surface area is 300 Å². The monoisotopic (exact) mass is 694 g/mol. The van der Waals surface area contributed by atoms with Crippen molar-refractivity contribution < 1.29 is 23.9 Å². The van der Waals surface area contributed by atoms with Crippen molar-refractivity contribution in [3.63, 3.8) is 0 Å². The highest BCUT2D eigenvalue weighted by atomic mass is 16.5. The van der Waals surface area contributed by atoms with Gasteiger partial charge in [-0.25, -0.2) is 0 Å². The third-order valence-corrected chi connectivity index (χ3v) is 11.5. The maximum Gasteiger partial charge on any atom is 0.257 e. The molecule has 1 saturated carbocycles. The number of benzene rings is 2. The summed E-state index contributed by atoms with van der Waals surface area (Å²) < 4.78 is 7.98. The molecular formula is C40H50N6O5. The van der Waals surface area contributed by atoms with Crippen molar-refractivity contribution >= 4 is 23.6 Å². The lowest BCUT2D eigenvalue weighted by Crippen LogP contribution is -2.65. The predicted molar refractivity (Wildman–Crippen MR) is 191 cm³/mol. The molecule has 4 fully saturated rings. The molecule has 1 spiro atoms. The van der Waals surface area contributed by atoms with Crippen LogP contribution in [0.2, 0.25) is 0 Å². The molecule has 4 heterocycles. The Hall–Kier alpha value is -4.51. The van der Waals surface area contributed by atoms with Crippen molar-refractivity contribution in [3.8, 4) is 0 Å². The van der Waals surface area contributed by atoms with E-state index in [1.54, 1.807) is 22.0 Å². The van der Waals surface area contributed by atoms with E-state index in [-0.39, 0.29) is 41.5 Å². The van der Waals surface area contributed by atoms with Gasteiger partial charge in [-0.15, -0.1) is 0 Å². The number of hydrogen-bond donors (Lipinski definition) is 1. The van der Waals surface area contributed by atoms with Crippen molar-refractivity contribution in [2.45, 2.75) is 71.8 Å². The maximum atomic E-state index is 14.5. The zero-order valence-electron chi connectivity index (χ0n) is 30.0. The second kappa shape index (κ2) is 14.3. The first-order valence-electron chi connectivity index (χ1n) is 18.4. The van der Waals surface area contributed by atoms with Crippen molar-refractivity contribution in [1.82, 2.24) is 29.8 Å². The van der Waals surface area contributed by atoms with Gasteiger partial charge in [0.05, 0.1) is 36.9 Å². The molecule has 7 rings (SSSR count). The Morgan fingerprint density at radius 1 is 0.863 bits per heavy atom. The second-order valence-electron chi connectivity index (χ2n) is 15.8. The highest BCUT2D eigenvalue weighted by Gasteiger charge is 2.62. The molecule has 1 aliphatic carbocycles. The van der Waals surface area contributed by atoms with Gasteiger partial charge >= 0.3 is 0 Å². The number of carbonyl (C=O) groups is 4. The lowest BCUT2D eigenvalue weighted by atomic mass is 9.70. The largest absolute Gasteiger partial charge is 0.371 e. The fourth-order valence-corrected chi connectivity index (χ4v) is 8.14. The van der Waals surface area contributed by atoms with Crippen molar-refractivity contribution in [3.05, 3.63) is 89.7 Å². The van der Waals surface area contributed by atoms with Gasteiger partial charge in [-0.05, 0) is 49.1 Å². The van der Waals surface area contributed by atoms with Crippen LogP contribution < -0.4 is 5.32 Å². The van der Waals surface area contributed by atoms with Crippen LogP contribution in [-0.2, 0) is 32.3 Å². The van der Waals surface area contributed by atoms with Gasteiger partial charge in [0.1, 0.15) is 6.04 Å². The van der Waals surface area contributed by atoms with E-state index >= 15 is 0 Å². The van der Waals surface area contributed by atoms with E-state index in [1.807, 2.05) is 77.4 Å². The number of ether oxygens (including phenoxy) is 1. The summed E-state index contributed by atoms with van der Waals surface area (Å²) in [5.41, 5.74) is 1.89. The van der Waals surface area contributed by atoms with Crippen LogP contribution in [0.15, 0.2) is 73.1 Å². The van der Waals surface area contributed by atoms with Crippen LogP contribution in [0.1, 0.15) is 67.9 Å². The molecule has 0 bridgehead atoms. The standard InChI is InChI=1S/C40H50N6O5/c1-28(51-24-30-15-9-5-10-16-30)34(38(50)43-17-11-6-12-18-43)42-35(47)33-23-44(25-40(33)26-45(27-40)37(49)32-19-39(32,2)3)36(48)31-20-41-46(22-31)21-29-13-7-4-8-14-29/h4-5,7-10,13-16,20,22,28,32-34H,6,11-12,17-19,21,23-27H2,1-3H3,(H,42,47)/t28-,32-,33?,34+/m1/s1. The number of likely N-dealkylation sites (tertiary alicyclic amines) is 3. The van der Waals surface area contributed by atoms with E-state index in [1.165, 1.54) is 0 Å². The number of hydrogen-bond acceptors (Lipinski definition) is 6. The molecule has 4 aliphatic rings. The first-order valence-corrected chi connectivity index (χ1v) is 18.4. The van der Waals surface area contributed by atoms with E-state index in [9.17, 15) is 19.2 Å². The van der Waals surface area contributed by atoms with Gasteiger partial charge in [0.25, 0.3) is 5.91 Å². The average molecular weight is 695 g/mol. The first kappa shape index (κ1) is 34.9. The van der Waals surface area contributed by atoms with Gasteiger partial charge in [-0.3, -0.25) is 23.9 Å². The number of piperidine rings is 1. The fourth-order valence-electron chi connectivity index (χ4n) is 8.14. The van der Waals surface area contributed by atoms with E-state index in [0.29, 0.717) is 51.4 Å². The molecular weight excluding hydrogens is 644 g/mol. The number of rotatable bonds is 11. The zero-order valence-corrected chi connectivity index (χ0v) is 30.0. The Bertz CT molecular complexity index is 1730. The lowest BCUT2D eigenvalue weighted by molar-refractivity contribution is -0.153. The molecule has 51 heavy (non-hydrogen) atoms. The second-order valence-corrected chi connectivity index (χ2v) is 15.8. The fraction of sp³-hybridized carbons (Fsp3) is 0.525. The Balaban J connectivity index is 1.10. The topological polar surface area (TPSA) is 117 Å². The normalized spacial score (nSPS) is 23.0. The number of carbonyl (C=O) groups excluding carboxylic acids is 4. The van der Waals surface area contributed by atoms with Gasteiger partial charge in [0.15, 0.2) is 0 Å². The zero-order chi connectivity index (χ0) is 35.8. The Morgan fingerprint density at radius 3 is 2.14 bits per heavy atom. The minimum absolute atomic E-state index is 0.00782. The Morgan fingerprint density at radius 2 is 1.49 bits per heavy atom. The van der Waals surface area contributed by atoms with Crippen LogP contribution in [0.5, 0.6) is 0 Å². The molecule has 2 aromatic carbocycles. The smallest absolute Gasteiger partial charge is 0.257 e. The van der Waals surface area contributed by atoms with E-state index in [0.717, 1.165) is 36.8 Å². The van der Waals surface area contributed by atoms with E-state index in [2.05, 4.69) is 24.3 Å². The molecule has 11 nitrogen and oxygen atoms in total. The summed E-state index contributed by atoms with van der Waals surface area (Å²) in [7, 11) is 0. The molecule has 11 heteroatoms. The van der Waals surface area contributed by atoms with Gasteiger partial charge < -0.3 is 24.8 Å². The molecule has 1 N–H and O–H groups in total. The molecule has 1 aromatic heterocycles. The molecule has 4 atom stereocenters. The molecule has 4 amide bonds. The van der Waals surface area contributed by atoms with Crippen LogP contribution in [-0.4, -0.2) is 99.5 Å². The first-order chi connectivity index (χ1) is 24.5. The lowest BCUT2D eigenvalue weighted by Gasteiger charge is -2.50. The van der Waals surface area contributed by atoms with Crippen LogP contribution in [0.25, 0.3) is 0 Å². The molecule has 3 aromatic rings. The summed E-state index contributed by atoms with van der Waals surface area (Å²) in [5, 5.41) is 7.57. The third-order valence-electron chi connectivity index (χ3n) is 11.5. The number of nitrogens with one attached hydrogen (secondary N) is 1. The number of nitrogens with zero attached hydrogens (tertiary/aromatic N) is 5. The van der Waals surface area contributed by atoms with Crippen molar-refractivity contribution in [2.24, 2.45) is 22.7 Å². The van der Waals surface area contributed by atoms with Crippen molar-refractivity contribution in [2.75, 3.05) is 39.3 Å². The highest BCUT2D eigenvalue weighted by molar-refractivity contribution is 5.96. The Kier molecular flexibility index (Phi) is 9.76. The van der Waals surface area contributed by atoms with Crippen LogP contribution in [0.3, 0.4) is 0 Å². The summed E-state index contributed by atoms with van der Waals surface area (Å²) >= 11 is 0. The molecule has 3 saturated heterocycles. The van der Waals surface area contributed by atoms with E-state index < -0.39 is 23.5 Å². The number of amides is 4. The van der Waals surface area contributed by atoms with Gasteiger partial charge in [0, 0.05) is 56.8 Å². The molecule has 1 unspecified atom stereocenters. The minimum atomic E-state index is -0.887. The quantitative estimate of drug-likeness (QED) is 0.325. The summed E-state index contributed by atoms with van der Waals surface area (Å²) in [6, 6.07) is 18.8. The van der Waals surface area contributed by atoms with Gasteiger partial charge in [-0.2, -0.15) is 5.10 Å². The van der Waals surface area contributed by atoms with Crippen LogP contribution >= 0.6 is 0 Å². The minimum Gasteiger partial charge on any atom is -0.371 e. The SMILES string of the molecule is C[C@@H](OCc1ccccc1)[C@H](NC(=O)C1CN(C(=O)c2cnn(Cc3ccccc3)c2)CC12CN(C(=O)[C@H]1CC1(C)C)C2)C(=O)N1CCCCC1. The van der Waals surface area contributed by atoms with Crippen LogP contribution in [0, 0.1) is 22.7 Å².